The lowest BCUT2D eigenvalue weighted by molar-refractivity contribution is 0.169. The molecule has 2 heterocycles. The Bertz CT molecular complexity index is 337. The first kappa shape index (κ1) is 12.0. The number of hydrogen-bond donors (Lipinski definition) is 1. The summed E-state index contributed by atoms with van der Waals surface area (Å²) in [5.41, 5.74) is 1.37. The molecule has 0 amide bonds. The molecule has 0 spiro atoms. The SMILES string of the molecule is CC[C@@H](c1ccnc(Br)c1)N1CCNCC1. The minimum atomic E-state index is 0.529. The predicted molar refractivity (Wildman–Crippen MR) is 69.4 cm³/mol. The number of nitrogens with zero attached hydrogens (tertiary/aromatic N) is 2. The smallest absolute Gasteiger partial charge is 0.106 e. The van der Waals surface area contributed by atoms with Crippen LogP contribution in [0.25, 0.3) is 0 Å². The number of pyridine rings is 1. The molecule has 1 aromatic heterocycles. The van der Waals surface area contributed by atoms with Crippen LogP contribution >= 0.6 is 15.9 Å². The minimum absolute atomic E-state index is 0.529. The first-order chi connectivity index (χ1) is 7.81. The van der Waals surface area contributed by atoms with Crippen LogP contribution in [0.15, 0.2) is 22.9 Å². The molecule has 0 bridgehead atoms. The zero-order chi connectivity index (χ0) is 11.4. The van der Waals surface area contributed by atoms with Gasteiger partial charge in [0.2, 0.25) is 0 Å². The van der Waals surface area contributed by atoms with Gasteiger partial charge in [0.1, 0.15) is 4.60 Å². The maximum absolute atomic E-state index is 4.19. The number of piperazine rings is 1. The minimum Gasteiger partial charge on any atom is -0.314 e. The second kappa shape index (κ2) is 5.75. The van der Waals surface area contributed by atoms with E-state index in [0.717, 1.165) is 37.2 Å². The molecule has 3 nitrogen and oxygen atoms in total. The fraction of sp³-hybridized carbons (Fsp3) is 0.583. The normalized spacial score (nSPS) is 19.6. The maximum atomic E-state index is 4.19. The van der Waals surface area contributed by atoms with Crippen molar-refractivity contribution in [2.75, 3.05) is 26.2 Å². The first-order valence-electron chi connectivity index (χ1n) is 5.87. The van der Waals surface area contributed by atoms with Gasteiger partial charge in [-0.05, 0) is 40.0 Å². The highest BCUT2D eigenvalue weighted by atomic mass is 79.9. The highest BCUT2D eigenvalue weighted by Crippen LogP contribution is 2.25. The molecule has 0 saturated carbocycles. The quantitative estimate of drug-likeness (QED) is 0.863. The van der Waals surface area contributed by atoms with E-state index in [4.69, 9.17) is 0 Å². The topological polar surface area (TPSA) is 28.2 Å². The van der Waals surface area contributed by atoms with Gasteiger partial charge in [-0.2, -0.15) is 0 Å². The van der Waals surface area contributed by atoms with Gasteiger partial charge >= 0.3 is 0 Å². The molecule has 1 fully saturated rings. The summed E-state index contributed by atoms with van der Waals surface area (Å²) >= 11 is 3.44. The van der Waals surface area contributed by atoms with Crippen molar-refractivity contribution in [2.24, 2.45) is 0 Å². The van der Waals surface area contributed by atoms with Gasteiger partial charge in [0, 0.05) is 38.4 Å². The van der Waals surface area contributed by atoms with Crippen molar-refractivity contribution in [1.29, 1.82) is 0 Å². The molecular weight excluding hydrogens is 266 g/mol. The third kappa shape index (κ3) is 2.81. The summed E-state index contributed by atoms with van der Waals surface area (Å²) in [5.74, 6) is 0. The number of aromatic nitrogens is 1. The summed E-state index contributed by atoms with van der Waals surface area (Å²) in [4.78, 5) is 6.74. The predicted octanol–water partition coefficient (Wildman–Crippen LogP) is 2.20. The van der Waals surface area contributed by atoms with Crippen LogP contribution in [0.2, 0.25) is 0 Å². The third-order valence-electron chi connectivity index (χ3n) is 3.11. The molecule has 88 valence electrons. The number of hydrogen-bond acceptors (Lipinski definition) is 3. The van der Waals surface area contributed by atoms with E-state index in [9.17, 15) is 0 Å². The summed E-state index contributed by atoms with van der Waals surface area (Å²) in [6.07, 6.45) is 3.03. The van der Waals surface area contributed by atoms with Crippen molar-refractivity contribution in [3.63, 3.8) is 0 Å². The fourth-order valence-corrected chi connectivity index (χ4v) is 2.71. The molecule has 1 aliphatic heterocycles. The van der Waals surface area contributed by atoms with Gasteiger partial charge in [-0.15, -0.1) is 0 Å². The van der Waals surface area contributed by atoms with Gasteiger partial charge in [0.25, 0.3) is 0 Å². The van der Waals surface area contributed by atoms with E-state index < -0.39 is 0 Å². The van der Waals surface area contributed by atoms with Gasteiger partial charge in [0.15, 0.2) is 0 Å². The molecule has 1 N–H and O–H groups in total. The fourth-order valence-electron chi connectivity index (χ4n) is 2.32. The average molecular weight is 284 g/mol. The van der Waals surface area contributed by atoms with Gasteiger partial charge < -0.3 is 5.32 Å². The van der Waals surface area contributed by atoms with E-state index in [0.29, 0.717) is 6.04 Å². The molecule has 0 aliphatic carbocycles. The Kier molecular flexibility index (Phi) is 4.32. The molecule has 1 aliphatic rings. The molecular formula is C12H18BrN3. The van der Waals surface area contributed by atoms with Gasteiger partial charge in [-0.3, -0.25) is 4.90 Å². The van der Waals surface area contributed by atoms with Crippen molar-refractivity contribution in [3.8, 4) is 0 Å². The first-order valence-corrected chi connectivity index (χ1v) is 6.66. The Balaban J connectivity index is 2.14. The number of rotatable bonds is 3. The van der Waals surface area contributed by atoms with Crippen LogP contribution < -0.4 is 5.32 Å². The lowest BCUT2D eigenvalue weighted by Crippen LogP contribution is -2.45. The van der Waals surface area contributed by atoms with E-state index in [2.05, 4.69) is 50.2 Å². The van der Waals surface area contributed by atoms with Crippen LogP contribution in [0.5, 0.6) is 0 Å². The summed E-state index contributed by atoms with van der Waals surface area (Å²) in [6.45, 7) is 6.73. The Hall–Kier alpha value is -0.450. The zero-order valence-corrected chi connectivity index (χ0v) is 11.2. The number of nitrogens with one attached hydrogen (secondary N) is 1. The molecule has 1 saturated heterocycles. The lowest BCUT2D eigenvalue weighted by Gasteiger charge is -2.34. The molecule has 2 rings (SSSR count). The van der Waals surface area contributed by atoms with Crippen LogP contribution in [0.3, 0.4) is 0 Å². The van der Waals surface area contributed by atoms with Crippen LogP contribution in [0, 0.1) is 0 Å². The van der Waals surface area contributed by atoms with Crippen molar-refractivity contribution in [3.05, 3.63) is 28.5 Å². The highest BCUT2D eigenvalue weighted by molar-refractivity contribution is 9.10. The molecule has 1 atom stereocenters. The third-order valence-corrected chi connectivity index (χ3v) is 3.55. The Morgan fingerprint density at radius 3 is 2.88 bits per heavy atom. The van der Waals surface area contributed by atoms with Crippen LogP contribution in [-0.2, 0) is 0 Å². The van der Waals surface area contributed by atoms with E-state index >= 15 is 0 Å². The Labute approximate surface area is 105 Å². The van der Waals surface area contributed by atoms with E-state index in [-0.39, 0.29) is 0 Å². The zero-order valence-electron chi connectivity index (χ0n) is 9.62. The largest absolute Gasteiger partial charge is 0.314 e. The Morgan fingerprint density at radius 1 is 1.50 bits per heavy atom. The van der Waals surface area contributed by atoms with E-state index in [1.807, 2.05) is 6.20 Å². The summed E-state index contributed by atoms with van der Waals surface area (Å²) < 4.78 is 0.929. The van der Waals surface area contributed by atoms with Gasteiger partial charge in [0.05, 0.1) is 0 Å². The van der Waals surface area contributed by atoms with E-state index in [1.165, 1.54) is 5.56 Å². The average Bonchev–Trinajstić information content (AvgIpc) is 2.31. The number of halogens is 1. The molecule has 4 heteroatoms. The highest BCUT2D eigenvalue weighted by Gasteiger charge is 2.20. The lowest BCUT2D eigenvalue weighted by atomic mass is 10.0. The van der Waals surface area contributed by atoms with Gasteiger partial charge in [-0.1, -0.05) is 6.92 Å². The molecule has 0 unspecified atom stereocenters. The van der Waals surface area contributed by atoms with Crippen molar-refractivity contribution >= 4 is 15.9 Å². The second-order valence-corrected chi connectivity index (χ2v) is 4.93. The molecule has 0 aromatic carbocycles. The Morgan fingerprint density at radius 2 is 2.25 bits per heavy atom. The van der Waals surface area contributed by atoms with E-state index in [1.54, 1.807) is 0 Å². The second-order valence-electron chi connectivity index (χ2n) is 4.12. The monoisotopic (exact) mass is 283 g/mol. The molecule has 1 aromatic rings. The van der Waals surface area contributed by atoms with Crippen LogP contribution in [0.1, 0.15) is 24.9 Å². The van der Waals surface area contributed by atoms with Crippen molar-refractivity contribution < 1.29 is 0 Å². The van der Waals surface area contributed by atoms with Crippen LogP contribution in [0.4, 0.5) is 0 Å². The van der Waals surface area contributed by atoms with Crippen molar-refractivity contribution in [1.82, 2.24) is 15.2 Å². The van der Waals surface area contributed by atoms with Gasteiger partial charge in [-0.25, -0.2) is 4.98 Å². The molecule has 16 heavy (non-hydrogen) atoms. The summed E-state index contributed by atoms with van der Waals surface area (Å²) in [7, 11) is 0. The standard InChI is InChI=1S/C12H18BrN3/c1-2-11(16-7-5-14-6-8-16)10-3-4-15-12(13)9-10/h3-4,9,11,14H,2,5-8H2,1H3/t11-/m0/s1. The molecule has 0 radical (unpaired) electrons. The van der Waals surface area contributed by atoms with Crippen molar-refractivity contribution in [2.45, 2.75) is 19.4 Å². The summed E-state index contributed by atoms with van der Waals surface area (Å²) in [5, 5.41) is 3.39. The maximum Gasteiger partial charge on any atom is 0.106 e. The van der Waals surface area contributed by atoms with Crippen LogP contribution in [-0.4, -0.2) is 36.1 Å². The summed E-state index contributed by atoms with van der Waals surface area (Å²) in [6, 6.07) is 4.79.